The zero-order valence-corrected chi connectivity index (χ0v) is 8.68. The zero-order valence-electron chi connectivity index (χ0n) is 6.52. The Balaban J connectivity index is 3.68. The lowest BCUT2D eigenvalue weighted by atomic mass is 10.2. The summed E-state index contributed by atoms with van der Waals surface area (Å²) in [6.07, 6.45) is -5.28. The van der Waals surface area contributed by atoms with Crippen LogP contribution >= 0.6 is 22.6 Å². The van der Waals surface area contributed by atoms with Gasteiger partial charge in [0.1, 0.15) is 5.56 Å². The van der Waals surface area contributed by atoms with Crippen molar-refractivity contribution in [3.05, 3.63) is 32.4 Å². The van der Waals surface area contributed by atoms with Crippen LogP contribution in [0, 0.1) is 26.8 Å². The maximum atomic E-state index is 12.7. The molecule has 8 heteroatoms. The van der Waals surface area contributed by atoms with Crippen molar-refractivity contribution in [1.29, 1.82) is 0 Å². The van der Waals surface area contributed by atoms with Gasteiger partial charge in [-0.1, -0.05) is 0 Å². The van der Waals surface area contributed by atoms with Crippen molar-refractivity contribution in [3.63, 3.8) is 0 Å². The summed E-state index contributed by atoms with van der Waals surface area (Å²) >= 11 is 0.756. The number of hydrogen-bond acceptors (Lipinski definition) is 0. The molecular weight excluding hydrogens is 344 g/mol. The molecule has 0 radical (unpaired) electrons. The molecule has 0 atom stereocenters. The van der Waals surface area contributed by atoms with Gasteiger partial charge in [0.25, 0.3) is 0 Å². The van der Waals surface area contributed by atoms with Gasteiger partial charge >= 0.3 is 6.18 Å². The van der Waals surface area contributed by atoms with Gasteiger partial charge in [0.2, 0.25) is 0 Å². The van der Waals surface area contributed by atoms with Crippen LogP contribution in [0.4, 0.5) is 30.7 Å². The normalized spacial score (nSPS) is 12.0. The van der Waals surface area contributed by atoms with Crippen LogP contribution in [0.3, 0.4) is 0 Å². The monoisotopic (exact) mass is 344 g/mol. The summed E-state index contributed by atoms with van der Waals surface area (Å²) in [6, 6.07) is 0. The third-order valence-electron chi connectivity index (χ3n) is 1.49. The van der Waals surface area contributed by atoms with Gasteiger partial charge in [0.15, 0.2) is 23.3 Å². The van der Waals surface area contributed by atoms with Crippen LogP contribution in [0.5, 0.6) is 0 Å². The molecule has 15 heavy (non-hydrogen) atoms. The molecule has 0 aliphatic rings. The minimum atomic E-state index is -5.28. The Labute approximate surface area is 92.2 Å². The minimum absolute atomic E-state index is 0.756. The predicted octanol–water partition coefficient (Wildman–Crippen LogP) is 3.87. The fraction of sp³-hybridized carbons (Fsp3) is 0.143. The second kappa shape index (κ2) is 3.80. The summed E-state index contributed by atoms with van der Waals surface area (Å²) in [6.45, 7) is 0. The average Bonchev–Trinajstić information content (AvgIpc) is 2.09. The molecule has 0 aromatic heterocycles. The molecule has 0 heterocycles. The molecule has 1 aromatic rings. The Morgan fingerprint density at radius 2 is 1.13 bits per heavy atom. The number of benzene rings is 1. The molecule has 0 nitrogen and oxygen atoms in total. The molecule has 0 unspecified atom stereocenters. The molecule has 1 rings (SSSR count). The summed E-state index contributed by atoms with van der Waals surface area (Å²) in [5, 5.41) is 0. The van der Waals surface area contributed by atoms with Crippen molar-refractivity contribution >= 4 is 22.6 Å². The van der Waals surface area contributed by atoms with Crippen LogP contribution in [-0.2, 0) is 6.18 Å². The van der Waals surface area contributed by atoms with Crippen molar-refractivity contribution in [2.75, 3.05) is 0 Å². The number of halogens is 8. The van der Waals surface area contributed by atoms with Crippen molar-refractivity contribution in [2.45, 2.75) is 6.18 Å². The van der Waals surface area contributed by atoms with E-state index in [2.05, 4.69) is 0 Å². The maximum Gasteiger partial charge on any atom is 0.420 e. The quantitative estimate of drug-likeness (QED) is 0.290. The van der Waals surface area contributed by atoms with E-state index < -0.39 is 38.6 Å². The Kier molecular flexibility index (Phi) is 3.17. The number of alkyl halides is 3. The Bertz CT molecular complexity index is 380. The minimum Gasteiger partial charge on any atom is -0.203 e. The van der Waals surface area contributed by atoms with Gasteiger partial charge in [-0.3, -0.25) is 0 Å². The van der Waals surface area contributed by atoms with E-state index in [-0.39, 0.29) is 0 Å². The van der Waals surface area contributed by atoms with Gasteiger partial charge < -0.3 is 0 Å². The highest BCUT2D eigenvalue weighted by atomic mass is 127. The highest BCUT2D eigenvalue weighted by Crippen LogP contribution is 2.37. The summed E-state index contributed by atoms with van der Waals surface area (Å²) < 4.78 is 85.3. The van der Waals surface area contributed by atoms with Gasteiger partial charge in [-0.05, 0) is 22.6 Å². The van der Waals surface area contributed by atoms with E-state index in [0.717, 1.165) is 22.6 Å². The molecule has 1 aromatic carbocycles. The van der Waals surface area contributed by atoms with Crippen LogP contribution in [0.1, 0.15) is 5.56 Å². The Morgan fingerprint density at radius 1 is 0.733 bits per heavy atom. The van der Waals surface area contributed by atoms with Crippen molar-refractivity contribution in [2.24, 2.45) is 0 Å². The highest BCUT2D eigenvalue weighted by molar-refractivity contribution is 14.1. The number of hydrogen-bond donors (Lipinski definition) is 0. The molecule has 0 saturated heterocycles. The first kappa shape index (κ1) is 12.5. The topological polar surface area (TPSA) is 0 Å². The smallest absolute Gasteiger partial charge is 0.203 e. The van der Waals surface area contributed by atoms with Crippen LogP contribution in [0.15, 0.2) is 0 Å². The van der Waals surface area contributed by atoms with E-state index in [1.54, 1.807) is 0 Å². The average molecular weight is 344 g/mol. The maximum absolute atomic E-state index is 12.7. The lowest BCUT2D eigenvalue weighted by Gasteiger charge is -2.11. The highest BCUT2D eigenvalue weighted by Gasteiger charge is 2.41. The van der Waals surface area contributed by atoms with Crippen molar-refractivity contribution in [3.8, 4) is 0 Å². The molecular formula is C7F7I. The molecule has 0 N–H and O–H groups in total. The van der Waals surface area contributed by atoms with E-state index in [9.17, 15) is 30.7 Å². The Hall–Kier alpha value is -0.540. The zero-order chi connectivity index (χ0) is 12.0. The van der Waals surface area contributed by atoms with E-state index >= 15 is 0 Å². The molecule has 0 bridgehead atoms. The first-order valence-corrected chi connectivity index (χ1v) is 4.34. The Morgan fingerprint density at radius 3 is 1.53 bits per heavy atom. The van der Waals surface area contributed by atoms with E-state index in [1.807, 2.05) is 0 Å². The second-order valence-corrected chi connectivity index (χ2v) is 3.52. The van der Waals surface area contributed by atoms with E-state index in [1.165, 1.54) is 0 Å². The van der Waals surface area contributed by atoms with Crippen LogP contribution < -0.4 is 0 Å². The van der Waals surface area contributed by atoms with Gasteiger partial charge in [0.05, 0.1) is 3.57 Å². The fourth-order valence-electron chi connectivity index (χ4n) is 0.854. The van der Waals surface area contributed by atoms with Crippen LogP contribution in [0.25, 0.3) is 0 Å². The molecule has 0 aliphatic carbocycles. The first-order chi connectivity index (χ1) is 6.68. The molecule has 84 valence electrons. The largest absolute Gasteiger partial charge is 0.420 e. The SMILES string of the molecule is Fc1c(F)c(F)c(C(F)(F)F)c(I)c1F. The lowest BCUT2D eigenvalue weighted by molar-refractivity contribution is -0.141. The standard InChI is InChI=1S/C7F7I/c8-2-1(7(12,13)14)6(15)5(11)4(10)3(2)9. The fourth-order valence-corrected chi connectivity index (χ4v) is 1.63. The molecule has 0 amide bonds. The van der Waals surface area contributed by atoms with Crippen molar-refractivity contribution < 1.29 is 30.7 Å². The third-order valence-corrected chi connectivity index (χ3v) is 2.51. The molecule has 0 saturated carbocycles. The summed E-state index contributed by atoms with van der Waals surface area (Å²) in [5.41, 5.74) is -2.14. The number of rotatable bonds is 0. The predicted molar refractivity (Wildman–Crippen MR) is 44.0 cm³/mol. The van der Waals surface area contributed by atoms with E-state index in [0.29, 0.717) is 0 Å². The van der Waals surface area contributed by atoms with E-state index in [4.69, 9.17) is 0 Å². The molecule has 0 aliphatic heterocycles. The van der Waals surface area contributed by atoms with Gasteiger partial charge in [-0.2, -0.15) is 13.2 Å². The lowest BCUT2D eigenvalue weighted by Crippen LogP contribution is -2.15. The van der Waals surface area contributed by atoms with Gasteiger partial charge in [-0.15, -0.1) is 0 Å². The first-order valence-electron chi connectivity index (χ1n) is 3.26. The second-order valence-electron chi connectivity index (χ2n) is 2.44. The third kappa shape index (κ3) is 2.04. The summed E-state index contributed by atoms with van der Waals surface area (Å²) in [5.74, 6) is -9.22. The van der Waals surface area contributed by atoms with Crippen molar-refractivity contribution in [1.82, 2.24) is 0 Å². The summed E-state index contributed by atoms with van der Waals surface area (Å²) in [7, 11) is 0. The molecule has 0 spiro atoms. The van der Waals surface area contributed by atoms with Gasteiger partial charge in [0, 0.05) is 0 Å². The van der Waals surface area contributed by atoms with Crippen LogP contribution in [-0.4, -0.2) is 0 Å². The molecule has 0 fully saturated rings. The van der Waals surface area contributed by atoms with Crippen LogP contribution in [0.2, 0.25) is 0 Å². The van der Waals surface area contributed by atoms with Gasteiger partial charge in [-0.25, -0.2) is 17.6 Å². The summed E-state index contributed by atoms with van der Waals surface area (Å²) in [4.78, 5) is 0.